The Bertz CT molecular complexity index is 259. The van der Waals surface area contributed by atoms with Crippen molar-refractivity contribution in [2.24, 2.45) is 5.73 Å². The smallest absolute Gasteiger partial charge is 0.0258 e. The number of hydrogen-bond donors (Lipinski definition) is 1. The first-order valence-corrected chi connectivity index (χ1v) is 4.98. The van der Waals surface area contributed by atoms with E-state index in [1.54, 1.807) is 0 Å². The first-order valence-electron chi connectivity index (χ1n) is 3.39. The van der Waals surface area contributed by atoms with Crippen LogP contribution in [0.4, 0.5) is 0 Å². The molecule has 0 fully saturated rings. The Morgan fingerprint density at radius 2 is 1.92 bits per heavy atom. The standard InChI is InChI=1S/C8H6Br2.CH5N/c1-2-6-3-4-7(9)5-8(6)10;1-2/h2-5H,1H2;2H2,1H3. The highest BCUT2D eigenvalue weighted by Gasteiger charge is 1.94. The molecule has 0 aliphatic rings. The molecule has 0 saturated carbocycles. The molecule has 0 aliphatic carbocycles. The first kappa shape index (κ1) is 11.9. The van der Waals surface area contributed by atoms with E-state index in [0.717, 1.165) is 14.5 Å². The Morgan fingerprint density at radius 1 is 1.33 bits per heavy atom. The normalized spacial score (nSPS) is 8.33. The lowest BCUT2D eigenvalue weighted by Gasteiger charge is -1.96. The molecule has 1 nitrogen and oxygen atoms in total. The Balaban J connectivity index is 0.000000561. The predicted octanol–water partition coefficient (Wildman–Crippen LogP) is 3.43. The second-order valence-corrected chi connectivity index (χ2v) is 3.64. The van der Waals surface area contributed by atoms with Crippen LogP contribution in [0.15, 0.2) is 33.7 Å². The second kappa shape index (κ2) is 6.40. The molecule has 3 heteroatoms. The number of benzene rings is 1. The van der Waals surface area contributed by atoms with Gasteiger partial charge in [0.05, 0.1) is 0 Å². The summed E-state index contributed by atoms with van der Waals surface area (Å²) in [5.74, 6) is 0. The molecule has 2 N–H and O–H groups in total. The summed E-state index contributed by atoms with van der Waals surface area (Å²) in [6.07, 6.45) is 1.82. The zero-order chi connectivity index (χ0) is 9.56. The average Bonchev–Trinajstić information content (AvgIpc) is 2.08. The van der Waals surface area contributed by atoms with Crippen molar-refractivity contribution < 1.29 is 0 Å². The Hall–Kier alpha value is -0.120. The zero-order valence-electron chi connectivity index (χ0n) is 6.85. The van der Waals surface area contributed by atoms with Gasteiger partial charge in [-0.1, -0.05) is 50.6 Å². The van der Waals surface area contributed by atoms with Crippen LogP contribution in [0.25, 0.3) is 6.08 Å². The molecule has 0 amide bonds. The molecule has 0 atom stereocenters. The molecule has 0 radical (unpaired) electrons. The largest absolute Gasteiger partial charge is 0.333 e. The fourth-order valence-corrected chi connectivity index (χ4v) is 1.88. The van der Waals surface area contributed by atoms with Gasteiger partial charge in [0.1, 0.15) is 0 Å². The van der Waals surface area contributed by atoms with Crippen molar-refractivity contribution in [2.75, 3.05) is 7.05 Å². The minimum Gasteiger partial charge on any atom is -0.333 e. The van der Waals surface area contributed by atoms with Gasteiger partial charge in [0.15, 0.2) is 0 Å². The Labute approximate surface area is 89.9 Å². The number of hydrogen-bond acceptors (Lipinski definition) is 1. The highest BCUT2D eigenvalue weighted by molar-refractivity contribution is 9.11. The van der Waals surface area contributed by atoms with Crippen LogP contribution in [0.5, 0.6) is 0 Å². The third kappa shape index (κ3) is 3.52. The highest BCUT2D eigenvalue weighted by Crippen LogP contribution is 2.22. The fraction of sp³-hybridized carbons (Fsp3) is 0.111. The molecule has 0 saturated heterocycles. The van der Waals surface area contributed by atoms with Crippen LogP contribution in [0.1, 0.15) is 5.56 Å². The summed E-state index contributed by atoms with van der Waals surface area (Å²) in [4.78, 5) is 0. The van der Waals surface area contributed by atoms with Gasteiger partial charge in [-0.25, -0.2) is 0 Å². The summed E-state index contributed by atoms with van der Waals surface area (Å²) in [6, 6.07) is 5.99. The van der Waals surface area contributed by atoms with Gasteiger partial charge in [0, 0.05) is 8.95 Å². The molecular weight excluding hydrogens is 282 g/mol. The molecule has 12 heavy (non-hydrogen) atoms. The molecule has 0 bridgehead atoms. The minimum atomic E-state index is 1.07. The van der Waals surface area contributed by atoms with Gasteiger partial charge in [-0.05, 0) is 24.7 Å². The van der Waals surface area contributed by atoms with Crippen molar-refractivity contribution in [3.8, 4) is 0 Å². The van der Waals surface area contributed by atoms with Crippen LogP contribution in [0.2, 0.25) is 0 Å². The number of rotatable bonds is 1. The van der Waals surface area contributed by atoms with Gasteiger partial charge in [0.25, 0.3) is 0 Å². The minimum absolute atomic E-state index is 1.07. The predicted molar refractivity (Wildman–Crippen MR) is 62.0 cm³/mol. The van der Waals surface area contributed by atoms with E-state index in [1.165, 1.54) is 7.05 Å². The van der Waals surface area contributed by atoms with Crippen LogP contribution in [-0.2, 0) is 0 Å². The quantitative estimate of drug-likeness (QED) is 0.843. The van der Waals surface area contributed by atoms with Gasteiger partial charge >= 0.3 is 0 Å². The maximum absolute atomic E-state index is 4.50. The molecule has 66 valence electrons. The average molecular weight is 293 g/mol. The van der Waals surface area contributed by atoms with E-state index < -0.39 is 0 Å². The van der Waals surface area contributed by atoms with E-state index in [1.807, 2.05) is 24.3 Å². The molecule has 1 rings (SSSR count). The van der Waals surface area contributed by atoms with Gasteiger partial charge < -0.3 is 5.73 Å². The second-order valence-electron chi connectivity index (χ2n) is 1.87. The van der Waals surface area contributed by atoms with E-state index in [9.17, 15) is 0 Å². The molecule has 1 aromatic rings. The lowest BCUT2D eigenvalue weighted by atomic mass is 10.2. The summed E-state index contributed by atoms with van der Waals surface area (Å²) in [6.45, 7) is 3.68. The van der Waals surface area contributed by atoms with Crippen LogP contribution < -0.4 is 5.73 Å². The lowest BCUT2D eigenvalue weighted by molar-refractivity contribution is 1.48. The first-order chi connectivity index (χ1) is 5.74. The van der Waals surface area contributed by atoms with E-state index in [2.05, 4.69) is 44.2 Å². The zero-order valence-corrected chi connectivity index (χ0v) is 10.0. The van der Waals surface area contributed by atoms with Crippen LogP contribution in [0, 0.1) is 0 Å². The topological polar surface area (TPSA) is 26.0 Å². The van der Waals surface area contributed by atoms with Crippen molar-refractivity contribution in [2.45, 2.75) is 0 Å². The summed E-state index contributed by atoms with van der Waals surface area (Å²) in [5, 5.41) is 0. The van der Waals surface area contributed by atoms with Gasteiger partial charge in [-0.2, -0.15) is 0 Å². The van der Waals surface area contributed by atoms with Crippen molar-refractivity contribution >= 4 is 37.9 Å². The van der Waals surface area contributed by atoms with Gasteiger partial charge in [-0.3, -0.25) is 0 Å². The molecule has 0 heterocycles. The van der Waals surface area contributed by atoms with E-state index in [-0.39, 0.29) is 0 Å². The SMILES string of the molecule is C=Cc1ccc(Br)cc1Br.CN. The summed E-state index contributed by atoms with van der Waals surface area (Å²) >= 11 is 6.77. The molecule has 0 spiro atoms. The van der Waals surface area contributed by atoms with Gasteiger partial charge in [0.2, 0.25) is 0 Å². The van der Waals surface area contributed by atoms with Crippen LogP contribution >= 0.6 is 31.9 Å². The summed E-state index contributed by atoms with van der Waals surface area (Å²) in [7, 11) is 1.50. The third-order valence-corrected chi connectivity index (χ3v) is 2.36. The van der Waals surface area contributed by atoms with Crippen LogP contribution in [0.3, 0.4) is 0 Å². The molecule has 0 aliphatic heterocycles. The lowest BCUT2D eigenvalue weighted by Crippen LogP contribution is -1.73. The van der Waals surface area contributed by atoms with Gasteiger partial charge in [-0.15, -0.1) is 0 Å². The van der Waals surface area contributed by atoms with E-state index >= 15 is 0 Å². The van der Waals surface area contributed by atoms with E-state index in [4.69, 9.17) is 0 Å². The maximum Gasteiger partial charge on any atom is 0.0258 e. The molecule has 0 unspecified atom stereocenters. The van der Waals surface area contributed by atoms with Crippen LogP contribution in [-0.4, -0.2) is 7.05 Å². The third-order valence-electron chi connectivity index (χ3n) is 1.18. The monoisotopic (exact) mass is 291 g/mol. The van der Waals surface area contributed by atoms with Crippen molar-refractivity contribution in [1.82, 2.24) is 0 Å². The highest BCUT2D eigenvalue weighted by atomic mass is 79.9. The fourth-order valence-electron chi connectivity index (χ4n) is 0.667. The number of nitrogens with two attached hydrogens (primary N) is 1. The van der Waals surface area contributed by atoms with Crippen molar-refractivity contribution in [3.05, 3.63) is 39.3 Å². The molecule has 1 aromatic carbocycles. The summed E-state index contributed by atoms with van der Waals surface area (Å²) in [5.41, 5.74) is 5.61. The number of halogens is 2. The molecular formula is C9H11Br2N. The Morgan fingerprint density at radius 3 is 2.33 bits per heavy atom. The van der Waals surface area contributed by atoms with Crippen molar-refractivity contribution in [3.63, 3.8) is 0 Å². The van der Waals surface area contributed by atoms with Crippen molar-refractivity contribution in [1.29, 1.82) is 0 Å². The van der Waals surface area contributed by atoms with E-state index in [0.29, 0.717) is 0 Å². The maximum atomic E-state index is 4.50. The summed E-state index contributed by atoms with van der Waals surface area (Å²) < 4.78 is 2.14. The Kier molecular flexibility index (Phi) is 6.34. The molecule has 0 aromatic heterocycles.